The van der Waals surface area contributed by atoms with Gasteiger partial charge in [-0.25, -0.2) is 13.8 Å². The third kappa shape index (κ3) is 2.83. The van der Waals surface area contributed by atoms with Crippen molar-refractivity contribution >= 4 is 17.5 Å². The number of nitrogens with zero attached hydrogens (tertiary/aromatic N) is 1. The lowest BCUT2D eigenvalue weighted by Crippen LogP contribution is -2.53. The number of allylic oxidation sites excluding steroid dienone is 2. The highest BCUT2D eigenvalue weighted by atomic mass is 35.5. The van der Waals surface area contributed by atoms with Crippen LogP contribution in [0.15, 0.2) is 34.7 Å². The monoisotopic (exact) mass is 371 g/mol. The number of dihydropyridines is 1. The summed E-state index contributed by atoms with van der Waals surface area (Å²) in [6, 6.07) is 0. The number of carbonyl (C=O) groups excluding carboxylic acids is 1. The molecule has 0 aromatic carbocycles. The molecule has 0 radical (unpaired) electrons. The van der Waals surface area contributed by atoms with Gasteiger partial charge in [0, 0.05) is 17.1 Å². The molecule has 25 heavy (non-hydrogen) atoms. The third-order valence-electron chi connectivity index (χ3n) is 5.10. The maximum atomic E-state index is 14.5. The van der Waals surface area contributed by atoms with Gasteiger partial charge in [0.1, 0.15) is 16.9 Å². The Balaban J connectivity index is 1.59. The van der Waals surface area contributed by atoms with E-state index in [1.165, 1.54) is 17.2 Å². The van der Waals surface area contributed by atoms with Gasteiger partial charge in [-0.05, 0) is 51.3 Å². The number of alkyl halides is 3. The maximum absolute atomic E-state index is 14.5. The lowest BCUT2D eigenvalue weighted by atomic mass is 9.99. The molecule has 5 nitrogen and oxygen atoms in total. The number of amides is 1. The first-order valence-electron chi connectivity index (χ1n) is 8.33. The van der Waals surface area contributed by atoms with Crippen LogP contribution in [0.3, 0.4) is 0 Å². The molecule has 136 valence electrons. The van der Waals surface area contributed by atoms with E-state index in [0.29, 0.717) is 18.4 Å². The molecule has 0 bridgehead atoms. The summed E-state index contributed by atoms with van der Waals surface area (Å²) in [5.74, 6) is -3.55. The van der Waals surface area contributed by atoms with Crippen LogP contribution < -0.4 is 10.7 Å². The molecule has 4 rings (SSSR count). The molecule has 1 amide bonds. The highest BCUT2D eigenvalue weighted by molar-refractivity contribution is 6.25. The van der Waals surface area contributed by atoms with Crippen molar-refractivity contribution in [3.05, 3.63) is 34.7 Å². The van der Waals surface area contributed by atoms with Crippen LogP contribution in [0.25, 0.3) is 0 Å². The largest absolute Gasteiger partial charge is 0.349 e. The average molecular weight is 372 g/mol. The van der Waals surface area contributed by atoms with Gasteiger partial charge in [0.25, 0.3) is 11.8 Å². The minimum Gasteiger partial charge on any atom is -0.349 e. The van der Waals surface area contributed by atoms with E-state index in [1.54, 1.807) is 13.8 Å². The molecule has 3 aliphatic heterocycles. The van der Waals surface area contributed by atoms with Crippen molar-refractivity contribution in [3.63, 3.8) is 0 Å². The standard InChI is InChI=1S/C17H20ClF2N3O2/c1-8-9(2)14(24)23(15-13(8)25-15)22-12-6-11(7-16(3,18)21-12)17(19,20)10-4-5-10/h6-7,10,13,15,21-22H,4-5H2,1-3H3. The molecule has 2 fully saturated rings. The van der Waals surface area contributed by atoms with E-state index in [0.717, 1.165) is 5.57 Å². The number of hydrazine groups is 1. The highest BCUT2D eigenvalue weighted by Gasteiger charge is 2.53. The quantitative estimate of drug-likeness (QED) is 0.453. The number of fused-ring (bicyclic) bond motifs is 1. The molecule has 0 aromatic rings. The molecule has 3 unspecified atom stereocenters. The highest BCUT2D eigenvalue weighted by Crippen LogP contribution is 2.49. The molecule has 4 aliphatic rings. The summed E-state index contributed by atoms with van der Waals surface area (Å²) in [7, 11) is 0. The van der Waals surface area contributed by atoms with Crippen LogP contribution in [0.4, 0.5) is 8.78 Å². The Bertz CT molecular complexity index is 740. The third-order valence-corrected chi connectivity index (χ3v) is 5.31. The maximum Gasteiger partial charge on any atom is 0.275 e. The SMILES string of the molecule is CC1=C(C)C2OC2N(NC2=CC(C(F)(F)C3CC3)=CC(C)(Cl)N2)C1=O. The molecule has 3 atom stereocenters. The predicted molar refractivity (Wildman–Crippen MR) is 88.2 cm³/mol. The summed E-state index contributed by atoms with van der Waals surface area (Å²) in [4.78, 5) is 11.3. The lowest BCUT2D eigenvalue weighted by molar-refractivity contribution is -0.132. The Morgan fingerprint density at radius 2 is 2.12 bits per heavy atom. The van der Waals surface area contributed by atoms with E-state index >= 15 is 0 Å². The number of hydrogen-bond acceptors (Lipinski definition) is 4. The Morgan fingerprint density at radius 3 is 2.76 bits per heavy atom. The van der Waals surface area contributed by atoms with Gasteiger partial charge in [0.2, 0.25) is 0 Å². The number of nitrogens with one attached hydrogen (secondary N) is 2. The van der Waals surface area contributed by atoms with E-state index in [1.807, 2.05) is 6.92 Å². The Kier molecular flexibility index (Phi) is 3.51. The average Bonchev–Trinajstić information content (AvgIpc) is 3.39. The lowest BCUT2D eigenvalue weighted by Gasteiger charge is -2.35. The number of rotatable bonds is 4. The second-order valence-electron chi connectivity index (χ2n) is 7.30. The number of hydrogen-bond donors (Lipinski definition) is 2. The Morgan fingerprint density at radius 1 is 1.44 bits per heavy atom. The summed E-state index contributed by atoms with van der Waals surface area (Å²) in [6.07, 6.45) is 3.13. The Hall–Kier alpha value is -1.60. The summed E-state index contributed by atoms with van der Waals surface area (Å²) in [5, 5.41) is 4.26. The van der Waals surface area contributed by atoms with Crippen LogP contribution in [0.5, 0.6) is 0 Å². The summed E-state index contributed by atoms with van der Waals surface area (Å²) >= 11 is 6.30. The van der Waals surface area contributed by atoms with Crippen molar-refractivity contribution < 1.29 is 18.3 Å². The minimum atomic E-state index is -2.93. The number of ether oxygens (including phenoxy) is 1. The summed E-state index contributed by atoms with van der Waals surface area (Å²) < 4.78 is 34.6. The zero-order chi connectivity index (χ0) is 18.1. The van der Waals surface area contributed by atoms with Gasteiger partial charge in [-0.3, -0.25) is 10.2 Å². The van der Waals surface area contributed by atoms with Crippen molar-refractivity contribution in [2.45, 2.75) is 56.9 Å². The van der Waals surface area contributed by atoms with Crippen molar-refractivity contribution in [2.75, 3.05) is 0 Å². The fourth-order valence-corrected chi connectivity index (χ4v) is 3.52. The second kappa shape index (κ2) is 5.20. The van der Waals surface area contributed by atoms with Crippen LogP contribution in [0.1, 0.15) is 33.6 Å². The van der Waals surface area contributed by atoms with Crippen LogP contribution in [0.2, 0.25) is 0 Å². The zero-order valence-corrected chi connectivity index (χ0v) is 15.0. The van der Waals surface area contributed by atoms with Gasteiger partial charge in [-0.15, -0.1) is 0 Å². The fourth-order valence-electron chi connectivity index (χ4n) is 3.30. The first-order valence-corrected chi connectivity index (χ1v) is 8.71. The first-order chi connectivity index (χ1) is 11.6. The van der Waals surface area contributed by atoms with Gasteiger partial charge >= 0.3 is 0 Å². The summed E-state index contributed by atoms with van der Waals surface area (Å²) in [5.41, 5.74) is 4.25. The van der Waals surface area contributed by atoms with E-state index in [4.69, 9.17) is 16.3 Å². The molecular weight excluding hydrogens is 352 g/mol. The predicted octanol–water partition coefficient (Wildman–Crippen LogP) is 2.77. The molecular formula is C17H20ClF2N3O2. The number of halogens is 3. The molecule has 0 aromatic heterocycles. The van der Waals surface area contributed by atoms with Crippen LogP contribution in [0, 0.1) is 5.92 Å². The van der Waals surface area contributed by atoms with E-state index < -0.39 is 23.1 Å². The van der Waals surface area contributed by atoms with Crippen molar-refractivity contribution in [1.29, 1.82) is 0 Å². The number of epoxide rings is 1. The Labute approximate surface area is 149 Å². The molecule has 0 spiro atoms. The van der Waals surface area contributed by atoms with Crippen LogP contribution in [-0.4, -0.2) is 34.2 Å². The van der Waals surface area contributed by atoms with Gasteiger partial charge in [-0.1, -0.05) is 11.6 Å². The van der Waals surface area contributed by atoms with E-state index in [2.05, 4.69) is 10.7 Å². The van der Waals surface area contributed by atoms with Gasteiger partial charge in [0.15, 0.2) is 6.23 Å². The van der Waals surface area contributed by atoms with Gasteiger partial charge < -0.3 is 10.1 Å². The smallest absolute Gasteiger partial charge is 0.275 e. The molecule has 1 saturated heterocycles. The number of carbonyl (C=O) groups is 1. The van der Waals surface area contributed by atoms with Crippen molar-refractivity contribution in [3.8, 4) is 0 Å². The molecule has 8 heteroatoms. The fraction of sp³-hybridized carbons (Fsp3) is 0.588. The van der Waals surface area contributed by atoms with E-state index in [9.17, 15) is 13.6 Å². The molecule has 1 aliphatic carbocycles. The van der Waals surface area contributed by atoms with Crippen molar-refractivity contribution in [2.24, 2.45) is 5.92 Å². The molecule has 1 saturated carbocycles. The van der Waals surface area contributed by atoms with Crippen molar-refractivity contribution in [1.82, 2.24) is 15.8 Å². The van der Waals surface area contributed by atoms with E-state index in [-0.39, 0.29) is 23.4 Å². The van der Waals surface area contributed by atoms with Crippen LogP contribution >= 0.6 is 11.6 Å². The van der Waals surface area contributed by atoms with Crippen LogP contribution in [-0.2, 0) is 9.53 Å². The molecule has 2 N–H and O–H groups in total. The van der Waals surface area contributed by atoms with Gasteiger partial charge in [0.05, 0.1) is 0 Å². The topological polar surface area (TPSA) is 56.9 Å². The normalized spacial score (nSPS) is 35.0. The molecule has 3 heterocycles. The first kappa shape index (κ1) is 16.8. The van der Waals surface area contributed by atoms with Gasteiger partial charge in [-0.2, -0.15) is 0 Å². The minimum absolute atomic E-state index is 0.130. The zero-order valence-electron chi connectivity index (χ0n) is 14.2. The summed E-state index contributed by atoms with van der Waals surface area (Å²) in [6.45, 7) is 5.18. The second-order valence-corrected chi connectivity index (χ2v) is 8.08.